The Hall–Kier alpha value is -0.210. The van der Waals surface area contributed by atoms with Crippen LogP contribution in [0.1, 0.15) is 44.2 Å². The van der Waals surface area contributed by atoms with Gasteiger partial charge in [0.1, 0.15) is 5.75 Å². The number of halogens is 6. The molecule has 0 radical (unpaired) electrons. The Morgan fingerprint density at radius 2 is 1.85 bits per heavy atom. The molecule has 0 saturated carbocycles. The van der Waals surface area contributed by atoms with Gasteiger partial charge in [-0.05, 0) is 24.6 Å². The summed E-state index contributed by atoms with van der Waals surface area (Å²) in [5, 5.41) is 3.29. The molecule has 1 aromatic rings. The van der Waals surface area contributed by atoms with Crippen LogP contribution >= 0.6 is 40.7 Å². The van der Waals surface area contributed by atoms with E-state index in [1.807, 2.05) is 0 Å². The highest BCUT2D eigenvalue weighted by Gasteiger charge is 2.34. The summed E-state index contributed by atoms with van der Waals surface area (Å²) < 4.78 is 43.4. The molecule has 9 heteroatoms. The molecule has 1 N–H and O–H groups in total. The Morgan fingerprint density at radius 3 is 2.42 bits per heavy atom. The third-order valence-corrected chi connectivity index (χ3v) is 4.72. The molecule has 0 spiro atoms. The molecule has 1 fully saturated rings. The van der Waals surface area contributed by atoms with E-state index in [0.717, 1.165) is 56.3 Å². The zero-order valence-electron chi connectivity index (χ0n) is 14.7. The van der Waals surface area contributed by atoms with Crippen molar-refractivity contribution in [1.82, 2.24) is 10.2 Å². The highest BCUT2D eigenvalue weighted by atomic mass is 79.9. The summed E-state index contributed by atoms with van der Waals surface area (Å²) in [5.74, 6) is -0.0919. The van der Waals surface area contributed by atoms with Crippen molar-refractivity contribution in [3.63, 3.8) is 0 Å². The minimum Gasteiger partial charge on any atom is -0.405 e. The van der Waals surface area contributed by atoms with Gasteiger partial charge in [-0.2, -0.15) is 0 Å². The van der Waals surface area contributed by atoms with Gasteiger partial charge in [0, 0.05) is 42.3 Å². The number of benzene rings is 1. The quantitative estimate of drug-likeness (QED) is 0.504. The Balaban J connectivity index is 0.00000312. The fraction of sp³-hybridized carbons (Fsp3) is 0.647. The van der Waals surface area contributed by atoms with Crippen LogP contribution in [0.15, 0.2) is 22.7 Å². The first-order valence-electron chi connectivity index (χ1n) is 8.40. The number of alkyl halides is 3. The van der Waals surface area contributed by atoms with E-state index in [1.165, 1.54) is 6.07 Å². The van der Waals surface area contributed by atoms with E-state index in [2.05, 4.69) is 37.8 Å². The minimum atomic E-state index is -4.68. The van der Waals surface area contributed by atoms with Crippen LogP contribution in [0.3, 0.4) is 0 Å². The number of hydrogen-bond acceptors (Lipinski definition) is 3. The topological polar surface area (TPSA) is 24.5 Å². The third-order valence-electron chi connectivity index (χ3n) is 4.23. The summed E-state index contributed by atoms with van der Waals surface area (Å²) in [6, 6.07) is 4.70. The molecule has 1 aromatic carbocycles. The van der Waals surface area contributed by atoms with E-state index in [1.54, 1.807) is 12.1 Å². The number of nitrogens with one attached hydrogen (secondary N) is 1. The molecule has 152 valence electrons. The van der Waals surface area contributed by atoms with Crippen molar-refractivity contribution < 1.29 is 17.9 Å². The molecule has 0 unspecified atom stereocenters. The van der Waals surface area contributed by atoms with Crippen LogP contribution in [-0.2, 0) is 0 Å². The molecule has 0 bridgehead atoms. The van der Waals surface area contributed by atoms with Gasteiger partial charge in [-0.15, -0.1) is 38.0 Å². The summed E-state index contributed by atoms with van der Waals surface area (Å²) in [7, 11) is 0. The molecule has 0 aromatic heterocycles. The Kier molecular flexibility index (Phi) is 12.2. The zero-order valence-corrected chi connectivity index (χ0v) is 17.9. The van der Waals surface area contributed by atoms with Gasteiger partial charge in [0.25, 0.3) is 0 Å². The second kappa shape index (κ2) is 12.3. The van der Waals surface area contributed by atoms with E-state index in [4.69, 9.17) is 0 Å². The molecule has 0 aliphatic carbocycles. The predicted molar refractivity (Wildman–Crippen MR) is 107 cm³/mol. The maximum atomic E-state index is 12.8. The second-order valence-corrected chi connectivity index (χ2v) is 6.94. The van der Waals surface area contributed by atoms with E-state index in [9.17, 15) is 13.2 Å². The molecular weight excluding hydrogens is 456 g/mol. The Morgan fingerprint density at radius 1 is 1.19 bits per heavy atom. The molecule has 3 nitrogen and oxygen atoms in total. The van der Waals surface area contributed by atoms with Gasteiger partial charge in [0.05, 0.1) is 0 Å². The number of hydrogen-bond donors (Lipinski definition) is 1. The SMILES string of the molecule is CCCCC[C@@H](c1cc(Br)ccc1OC(F)(F)F)N1CCNCC1.Cl.Cl. The number of nitrogens with zero attached hydrogens (tertiary/aromatic N) is 1. The van der Waals surface area contributed by atoms with Crippen molar-refractivity contribution in [2.24, 2.45) is 0 Å². The molecular formula is C17H26BrCl2F3N2O. The average molecular weight is 482 g/mol. The van der Waals surface area contributed by atoms with Gasteiger partial charge in [-0.25, -0.2) is 0 Å². The third kappa shape index (κ3) is 8.21. The van der Waals surface area contributed by atoms with Gasteiger partial charge in [0.2, 0.25) is 0 Å². The van der Waals surface area contributed by atoms with Gasteiger partial charge in [-0.1, -0.05) is 42.1 Å². The summed E-state index contributed by atoms with van der Waals surface area (Å²) in [5.41, 5.74) is 0.611. The van der Waals surface area contributed by atoms with E-state index in [-0.39, 0.29) is 36.6 Å². The highest BCUT2D eigenvalue weighted by Crippen LogP contribution is 2.37. The monoisotopic (exact) mass is 480 g/mol. The molecule has 1 aliphatic heterocycles. The van der Waals surface area contributed by atoms with Crippen LogP contribution in [0.5, 0.6) is 5.75 Å². The first-order valence-corrected chi connectivity index (χ1v) is 9.20. The smallest absolute Gasteiger partial charge is 0.405 e. The molecule has 26 heavy (non-hydrogen) atoms. The van der Waals surface area contributed by atoms with Crippen LogP contribution in [0.2, 0.25) is 0 Å². The first kappa shape index (κ1) is 25.8. The lowest BCUT2D eigenvalue weighted by molar-refractivity contribution is -0.275. The normalized spacial score (nSPS) is 16.3. The molecule has 1 atom stereocenters. The summed E-state index contributed by atoms with van der Waals surface area (Å²) >= 11 is 3.38. The van der Waals surface area contributed by atoms with Crippen molar-refractivity contribution in [2.45, 2.75) is 45.0 Å². The number of ether oxygens (including phenoxy) is 1. The van der Waals surface area contributed by atoms with Crippen LogP contribution < -0.4 is 10.1 Å². The van der Waals surface area contributed by atoms with Crippen molar-refractivity contribution in [3.8, 4) is 5.75 Å². The van der Waals surface area contributed by atoms with Gasteiger partial charge < -0.3 is 10.1 Å². The van der Waals surface area contributed by atoms with Gasteiger partial charge in [-0.3, -0.25) is 4.90 Å². The number of unbranched alkanes of at least 4 members (excludes halogenated alkanes) is 2. The summed E-state index contributed by atoms with van der Waals surface area (Å²) in [6.45, 7) is 5.49. The van der Waals surface area contributed by atoms with Crippen LogP contribution in [-0.4, -0.2) is 37.4 Å². The lowest BCUT2D eigenvalue weighted by Gasteiger charge is -2.36. The summed E-state index contributed by atoms with van der Waals surface area (Å²) in [4.78, 5) is 2.26. The van der Waals surface area contributed by atoms with Crippen molar-refractivity contribution in [1.29, 1.82) is 0 Å². The zero-order chi connectivity index (χ0) is 17.6. The maximum absolute atomic E-state index is 12.8. The molecule has 1 saturated heterocycles. The van der Waals surface area contributed by atoms with Crippen LogP contribution in [0, 0.1) is 0 Å². The van der Waals surface area contributed by atoms with E-state index < -0.39 is 6.36 Å². The first-order chi connectivity index (χ1) is 11.4. The molecule has 0 amide bonds. The van der Waals surface area contributed by atoms with E-state index >= 15 is 0 Å². The maximum Gasteiger partial charge on any atom is 0.573 e. The molecule has 2 rings (SSSR count). The largest absolute Gasteiger partial charge is 0.573 e. The number of rotatable bonds is 7. The fourth-order valence-corrected chi connectivity index (χ4v) is 3.49. The molecule has 1 heterocycles. The summed E-state index contributed by atoms with van der Waals surface area (Å²) in [6.07, 6.45) is -0.702. The van der Waals surface area contributed by atoms with Crippen LogP contribution in [0.25, 0.3) is 0 Å². The van der Waals surface area contributed by atoms with Gasteiger partial charge >= 0.3 is 6.36 Å². The average Bonchev–Trinajstić information content (AvgIpc) is 2.53. The Bertz CT molecular complexity index is 529. The Labute approximate surface area is 174 Å². The van der Waals surface area contributed by atoms with Crippen molar-refractivity contribution in [3.05, 3.63) is 28.2 Å². The fourth-order valence-electron chi connectivity index (χ4n) is 3.11. The highest BCUT2D eigenvalue weighted by molar-refractivity contribution is 9.10. The molecule has 1 aliphatic rings. The van der Waals surface area contributed by atoms with Crippen molar-refractivity contribution >= 4 is 40.7 Å². The standard InChI is InChI=1S/C17H24BrF3N2O.2ClH/c1-2-3-4-5-15(23-10-8-22-9-11-23)14-12-13(18)6-7-16(14)24-17(19,20)21;;/h6-7,12,15,22H,2-5,8-11H2,1H3;2*1H/t15-;;/m0../s1. The lowest BCUT2D eigenvalue weighted by atomic mass is 9.97. The second-order valence-electron chi connectivity index (χ2n) is 6.03. The minimum absolute atomic E-state index is 0. The number of piperazine rings is 1. The van der Waals surface area contributed by atoms with Gasteiger partial charge in [0.15, 0.2) is 0 Å². The predicted octanol–water partition coefficient (Wildman–Crippen LogP) is 5.72. The van der Waals surface area contributed by atoms with E-state index in [0.29, 0.717) is 5.56 Å². The van der Waals surface area contributed by atoms with Crippen LogP contribution in [0.4, 0.5) is 13.2 Å². The van der Waals surface area contributed by atoms with Crippen molar-refractivity contribution in [2.75, 3.05) is 26.2 Å². The lowest BCUT2D eigenvalue weighted by Crippen LogP contribution is -2.45.